The molecule has 2 aromatic heterocycles. The smallest absolute Gasteiger partial charge is 0.367 e. The Bertz CT molecular complexity index is 591. The maximum absolute atomic E-state index is 12.0. The zero-order valence-corrected chi connectivity index (χ0v) is 11.9. The Kier molecular flexibility index (Phi) is 4.52. The van der Waals surface area contributed by atoms with Crippen LogP contribution >= 0.6 is 11.3 Å². The third-order valence-corrected chi connectivity index (χ3v) is 3.33. The van der Waals surface area contributed by atoms with E-state index in [1.807, 2.05) is 0 Å². The van der Waals surface area contributed by atoms with E-state index in [1.165, 1.54) is 5.38 Å². The lowest BCUT2D eigenvalue weighted by atomic mass is 10.2. The second kappa shape index (κ2) is 6.33. The Balaban J connectivity index is 2.01. The first-order valence-electron chi connectivity index (χ1n) is 6.08. The number of esters is 1. The first-order chi connectivity index (χ1) is 9.61. The van der Waals surface area contributed by atoms with Gasteiger partial charge in [-0.05, 0) is 26.0 Å². The zero-order chi connectivity index (χ0) is 14.5. The van der Waals surface area contributed by atoms with Crippen molar-refractivity contribution in [1.82, 2.24) is 10.3 Å². The predicted molar refractivity (Wildman–Crippen MR) is 72.7 cm³/mol. The van der Waals surface area contributed by atoms with Gasteiger partial charge >= 0.3 is 5.97 Å². The molecule has 0 aliphatic rings. The molecule has 6 nitrogen and oxygen atoms in total. The summed E-state index contributed by atoms with van der Waals surface area (Å²) in [7, 11) is 0. The van der Waals surface area contributed by atoms with Crippen molar-refractivity contribution < 1.29 is 18.7 Å². The van der Waals surface area contributed by atoms with Crippen LogP contribution in [0.15, 0.2) is 28.2 Å². The second-order valence-electron chi connectivity index (χ2n) is 3.97. The number of aromatic nitrogens is 1. The summed E-state index contributed by atoms with van der Waals surface area (Å²) in [5, 5.41) is 4.44. The van der Waals surface area contributed by atoms with Gasteiger partial charge in [-0.1, -0.05) is 0 Å². The molecule has 1 N–H and O–H groups in total. The van der Waals surface area contributed by atoms with Crippen LogP contribution in [0, 0.1) is 0 Å². The van der Waals surface area contributed by atoms with Crippen molar-refractivity contribution in [1.29, 1.82) is 0 Å². The topological polar surface area (TPSA) is 81.4 Å². The first kappa shape index (κ1) is 14.3. The summed E-state index contributed by atoms with van der Waals surface area (Å²) in [5.74, 6) is -0.226. The first-order valence-corrected chi connectivity index (χ1v) is 6.96. The van der Waals surface area contributed by atoms with Gasteiger partial charge in [0.2, 0.25) is 5.01 Å². The van der Waals surface area contributed by atoms with Crippen LogP contribution in [0.3, 0.4) is 0 Å². The van der Waals surface area contributed by atoms with Gasteiger partial charge in [0.05, 0.1) is 18.9 Å². The molecule has 7 heteroatoms. The standard InChI is InChI=1S/C13H14N2O4S/c1-3-18-13(17)12-15-9(7-20-12)11(16)14-8(2)10-5-4-6-19-10/h4-8H,3H2,1-2H3,(H,14,16). The van der Waals surface area contributed by atoms with Gasteiger partial charge in [-0.15, -0.1) is 11.3 Å². The minimum Gasteiger partial charge on any atom is -0.467 e. The summed E-state index contributed by atoms with van der Waals surface area (Å²) in [6, 6.07) is 3.25. The average Bonchev–Trinajstić information content (AvgIpc) is 3.10. The maximum atomic E-state index is 12.0. The highest BCUT2D eigenvalue weighted by molar-refractivity contribution is 7.11. The fourth-order valence-corrected chi connectivity index (χ4v) is 2.23. The molecular formula is C13H14N2O4S. The summed E-state index contributed by atoms with van der Waals surface area (Å²) in [4.78, 5) is 27.4. The van der Waals surface area contributed by atoms with Crippen molar-refractivity contribution in [3.05, 3.63) is 40.2 Å². The molecule has 1 atom stereocenters. The van der Waals surface area contributed by atoms with Crippen LogP contribution in [0.25, 0.3) is 0 Å². The Hall–Kier alpha value is -2.15. The van der Waals surface area contributed by atoms with Gasteiger partial charge in [-0.3, -0.25) is 4.79 Å². The number of nitrogens with one attached hydrogen (secondary N) is 1. The van der Waals surface area contributed by atoms with Crippen LogP contribution in [0.5, 0.6) is 0 Å². The molecule has 1 unspecified atom stereocenters. The molecule has 0 radical (unpaired) electrons. The molecule has 2 heterocycles. The number of hydrogen-bond acceptors (Lipinski definition) is 6. The number of carbonyl (C=O) groups is 2. The molecule has 2 rings (SSSR count). The van der Waals surface area contributed by atoms with Gasteiger partial charge in [0.1, 0.15) is 11.5 Å². The van der Waals surface area contributed by atoms with E-state index in [-0.39, 0.29) is 29.3 Å². The molecule has 0 fully saturated rings. The van der Waals surface area contributed by atoms with Crippen LogP contribution < -0.4 is 5.32 Å². The molecule has 0 saturated heterocycles. The fraction of sp³-hybridized carbons (Fsp3) is 0.308. The second-order valence-corrected chi connectivity index (χ2v) is 4.83. The largest absolute Gasteiger partial charge is 0.467 e. The molecule has 2 aromatic rings. The molecule has 1 amide bonds. The third-order valence-electron chi connectivity index (χ3n) is 2.50. The van der Waals surface area contributed by atoms with Crippen LogP contribution in [0.2, 0.25) is 0 Å². The SMILES string of the molecule is CCOC(=O)c1nc(C(=O)NC(C)c2ccco2)cs1. The number of furan rings is 1. The number of thiazole rings is 1. The van der Waals surface area contributed by atoms with Crippen molar-refractivity contribution in [2.45, 2.75) is 19.9 Å². The van der Waals surface area contributed by atoms with E-state index >= 15 is 0 Å². The Labute approximate surface area is 119 Å². The van der Waals surface area contributed by atoms with Gasteiger partial charge in [0.25, 0.3) is 5.91 Å². The molecule has 20 heavy (non-hydrogen) atoms. The quantitative estimate of drug-likeness (QED) is 0.856. The van der Waals surface area contributed by atoms with E-state index in [9.17, 15) is 9.59 Å². The molecule has 0 spiro atoms. The monoisotopic (exact) mass is 294 g/mol. The predicted octanol–water partition coefficient (Wildman–Crippen LogP) is 2.40. The minimum atomic E-state index is -0.518. The van der Waals surface area contributed by atoms with Crippen molar-refractivity contribution >= 4 is 23.2 Å². The molecule has 106 valence electrons. The fourth-order valence-electron chi connectivity index (χ4n) is 1.54. The molecule has 0 aliphatic carbocycles. The van der Waals surface area contributed by atoms with Crippen LogP contribution in [0.1, 0.15) is 45.9 Å². The van der Waals surface area contributed by atoms with Gasteiger partial charge < -0.3 is 14.5 Å². The van der Waals surface area contributed by atoms with E-state index in [2.05, 4.69) is 10.3 Å². The summed E-state index contributed by atoms with van der Waals surface area (Å²) in [5.41, 5.74) is 0.191. The Morgan fingerprint density at radius 1 is 1.55 bits per heavy atom. The van der Waals surface area contributed by atoms with Crippen molar-refractivity contribution in [3.63, 3.8) is 0 Å². The Morgan fingerprint density at radius 3 is 3.00 bits per heavy atom. The van der Waals surface area contributed by atoms with Crippen LogP contribution in [-0.4, -0.2) is 23.5 Å². The summed E-state index contributed by atoms with van der Waals surface area (Å²) < 4.78 is 10.0. The average molecular weight is 294 g/mol. The number of hydrogen-bond donors (Lipinski definition) is 1. The number of rotatable bonds is 5. The lowest BCUT2D eigenvalue weighted by molar-refractivity contribution is 0.0526. The van der Waals surface area contributed by atoms with Crippen molar-refractivity contribution in [2.24, 2.45) is 0 Å². The van der Waals surface area contributed by atoms with Crippen molar-refractivity contribution in [2.75, 3.05) is 6.61 Å². The van der Waals surface area contributed by atoms with Crippen LogP contribution in [-0.2, 0) is 4.74 Å². The molecule has 0 bridgehead atoms. The maximum Gasteiger partial charge on any atom is 0.367 e. The van der Waals surface area contributed by atoms with E-state index in [1.54, 1.807) is 32.2 Å². The van der Waals surface area contributed by atoms with Gasteiger partial charge in [0.15, 0.2) is 0 Å². The minimum absolute atomic E-state index is 0.169. The normalized spacial score (nSPS) is 11.9. The number of carbonyl (C=O) groups excluding carboxylic acids is 2. The van der Waals surface area contributed by atoms with Crippen LogP contribution in [0.4, 0.5) is 0 Å². The zero-order valence-electron chi connectivity index (χ0n) is 11.1. The highest BCUT2D eigenvalue weighted by atomic mass is 32.1. The molecule has 0 saturated carbocycles. The summed E-state index contributed by atoms with van der Waals surface area (Å²) >= 11 is 1.08. The van der Waals surface area contributed by atoms with Gasteiger partial charge in [-0.25, -0.2) is 9.78 Å². The molecule has 0 aromatic carbocycles. The highest BCUT2D eigenvalue weighted by Gasteiger charge is 2.18. The molecular weight excluding hydrogens is 280 g/mol. The van der Waals surface area contributed by atoms with Gasteiger partial charge in [-0.2, -0.15) is 0 Å². The number of amides is 1. The lowest BCUT2D eigenvalue weighted by Crippen LogP contribution is -2.26. The van der Waals surface area contributed by atoms with E-state index in [0.29, 0.717) is 5.76 Å². The third kappa shape index (κ3) is 3.24. The van der Waals surface area contributed by atoms with Gasteiger partial charge in [0, 0.05) is 5.38 Å². The van der Waals surface area contributed by atoms with E-state index in [4.69, 9.17) is 9.15 Å². The number of ether oxygens (including phenoxy) is 1. The summed E-state index contributed by atoms with van der Waals surface area (Å²) in [6.45, 7) is 3.79. The van der Waals surface area contributed by atoms with E-state index < -0.39 is 5.97 Å². The van der Waals surface area contributed by atoms with Crippen molar-refractivity contribution in [3.8, 4) is 0 Å². The molecule has 0 aliphatic heterocycles. The van der Waals surface area contributed by atoms with E-state index in [0.717, 1.165) is 11.3 Å². The lowest BCUT2D eigenvalue weighted by Gasteiger charge is -2.09. The Morgan fingerprint density at radius 2 is 2.35 bits per heavy atom. The summed E-state index contributed by atoms with van der Waals surface area (Å²) in [6.07, 6.45) is 1.54. The highest BCUT2D eigenvalue weighted by Crippen LogP contribution is 2.15. The number of nitrogens with zero attached hydrogens (tertiary/aromatic N) is 1.